The van der Waals surface area contributed by atoms with Crippen LogP contribution in [0.15, 0.2) is 43.0 Å². The number of amides is 2. The van der Waals surface area contributed by atoms with Gasteiger partial charge in [-0.1, -0.05) is 33.4 Å². The van der Waals surface area contributed by atoms with Crippen LogP contribution in [-0.2, 0) is 11.3 Å². The van der Waals surface area contributed by atoms with Gasteiger partial charge >= 0.3 is 0 Å². The molecule has 1 saturated heterocycles. The molecule has 2 amide bonds. The molecule has 1 aliphatic heterocycles. The number of halogens is 1. The molecule has 1 unspecified atom stereocenters. The number of hydrogen-bond donors (Lipinski definition) is 2. The first kappa shape index (κ1) is 29.5. The molecule has 220 valence electrons. The monoisotopic (exact) mass is 579 g/mol. The minimum atomic E-state index is -1.11. The largest absolute Gasteiger partial charge is 0.339 e. The van der Waals surface area contributed by atoms with Gasteiger partial charge in [0, 0.05) is 36.6 Å². The van der Waals surface area contributed by atoms with Crippen LogP contribution in [0.5, 0.6) is 0 Å². The van der Waals surface area contributed by atoms with Crippen molar-refractivity contribution >= 4 is 40.1 Å². The number of carbonyl (C=O) groups is 2. The molecule has 2 aromatic heterocycles. The van der Waals surface area contributed by atoms with Crippen molar-refractivity contribution < 1.29 is 14.0 Å². The summed E-state index contributed by atoms with van der Waals surface area (Å²) >= 11 is 1.17. The zero-order valence-electron chi connectivity index (χ0n) is 24.8. The van der Waals surface area contributed by atoms with Crippen LogP contribution >= 0.6 is 11.3 Å². The van der Waals surface area contributed by atoms with Crippen LogP contribution in [0.4, 0.5) is 10.3 Å². The van der Waals surface area contributed by atoms with E-state index in [2.05, 4.69) is 67.7 Å². The third kappa shape index (κ3) is 6.11. The first-order chi connectivity index (χ1) is 19.4. The molecule has 1 aromatic carbocycles. The van der Waals surface area contributed by atoms with Crippen molar-refractivity contribution in [1.82, 2.24) is 19.8 Å². The third-order valence-electron chi connectivity index (χ3n) is 9.15. The smallest absolute Gasteiger partial charge is 0.268 e. The van der Waals surface area contributed by atoms with E-state index in [-0.39, 0.29) is 28.7 Å². The fourth-order valence-electron chi connectivity index (χ4n) is 6.00. The van der Waals surface area contributed by atoms with Crippen molar-refractivity contribution in [2.24, 2.45) is 10.8 Å². The summed E-state index contributed by atoms with van der Waals surface area (Å²) in [5, 5.41) is 6.67. The van der Waals surface area contributed by atoms with E-state index in [4.69, 9.17) is 4.98 Å². The number of thiophene rings is 1. The maximum Gasteiger partial charge on any atom is 0.268 e. The van der Waals surface area contributed by atoms with E-state index in [0.717, 1.165) is 61.9 Å². The molecular formula is C32H42FN5O2S. The predicted octanol–water partition coefficient (Wildman–Crippen LogP) is 7.03. The standard InChI is InChI=1S/C32H42FN5O2S/c1-7-28(39)37-14-12-32(13-15-37)17-23(18-32)38-25-9-8-22(19-34-21(3)31(4,5)6)16-24(25)35-30(38)36-29(40)27-11-10-26(41-27)20(2)33/h7-11,16,20-21,23,34H,1,12-15,17-19H2,2-6H3,(H,35,36,40)/t20?,21-/m0/s1. The minimum absolute atomic E-state index is 0.00222. The Bertz CT molecular complexity index is 1440. The van der Waals surface area contributed by atoms with E-state index in [1.165, 1.54) is 24.3 Å². The van der Waals surface area contributed by atoms with Crippen LogP contribution in [0.2, 0.25) is 0 Å². The summed E-state index contributed by atoms with van der Waals surface area (Å²) in [5.41, 5.74) is 3.34. The average Bonchev–Trinajstić information content (AvgIpc) is 3.54. The zero-order valence-corrected chi connectivity index (χ0v) is 25.6. The summed E-state index contributed by atoms with van der Waals surface area (Å²) in [4.78, 5) is 33.1. The Morgan fingerprint density at radius 3 is 2.51 bits per heavy atom. The van der Waals surface area contributed by atoms with E-state index in [9.17, 15) is 14.0 Å². The van der Waals surface area contributed by atoms with Crippen LogP contribution in [0.25, 0.3) is 11.0 Å². The molecule has 5 rings (SSSR count). The maximum absolute atomic E-state index is 13.8. The highest BCUT2D eigenvalue weighted by Crippen LogP contribution is 2.56. The molecule has 1 spiro atoms. The highest BCUT2D eigenvalue weighted by molar-refractivity contribution is 7.14. The number of carbonyl (C=O) groups excluding carboxylic acids is 2. The molecule has 2 aliphatic rings. The number of fused-ring (bicyclic) bond motifs is 1. The summed E-state index contributed by atoms with van der Waals surface area (Å²) in [7, 11) is 0. The fraction of sp³-hybridized carbons (Fsp3) is 0.531. The van der Waals surface area contributed by atoms with Gasteiger partial charge in [-0.3, -0.25) is 14.9 Å². The number of benzene rings is 1. The van der Waals surface area contributed by atoms with Crippen LogP contribution in [0.3, 0.4) is 0 Å². The quantitative estimate of drug-likeness (QED) is 0.281. The lowest BCUT2D eigenvalue weighted by molar-refractivity contribution is -0.130. The highest BCUT2D eigenvalue weighted by Gasteiger charge is 2.48. The van der Waals surface area contributed by atoms with E-state index >= 15 is 0 Å². The summed E-state index contributed by atoms with van der Waals surface area (Å²) in [6, 6.07) is 10.2. The molecule has 0 bridgehead atoms. The van der Waals surface area contributed by atoms with Gasteiger partial charge in [0.15, 0.2) is 0 Å². The SMILES string of the molecule is C=CC(=O)N1CCC2(CC1)CC(n1c(NC(=O)c3ccc(C(C)F)s3)nc3cc(CN[C@@H](C)C(C)(C)C)ccc31)C2. The van der Waals surface area contributed by atoms with Gasteiger partial charge in [-0.2, -0.15) is 0 Å². The number of rotatable bonds is 8. The average molecular weight is 580 g/mol. The van der Waals surface area contributed by atoms with E-state index in [1.54, 1.807) is 12.1 Å². The molecule has 2 fully saturated rings. The van der Waals surface area contributed by atoms with Crippen molar-refractivity contribution in [3.63, 3.8) is 0 Å². The number of anilines is 1. The van der Waals surface area contributed by atoms with Crippen molar-refractivity contribution in [1.29, 1.82) is 0 Å². The third-order valence-corrected chi connectivity index (χ3v) is 10.4. The Labute approximate surface area is 246 Å². The molecule has 3 heterocycles. The Morgan fingerprint density at radius 1 is 1.20 bits per heavy atom. The Kier molecular flexibility index (Phi) is 8.14. The van der Waals surface area contributed by atoms with Crippen LogP contribution in [0.1, 0.15) is 92.6 Å². The van der Waals surface area contributed by atoms with E-state index < -0.39 is 6.17 Å². The fourth-order valence-corrected chi connectivity index (χ4v) is 6.83. The predicted molar refractivity (Wildman–Crippen MR) is 164 cm³/mol. The second-order valence-corrected chi connectivity index (χ2v) is 14.1. The summed E-state index contributed by atoms with van der Waals surface area (Å²) in [6.07, 6.45) is 4.18. The first-order valence-corrected chi connectivity index (χ1v) is 15.4. The van der Waals surface area contributed by atoms with E-state index in [1.807, 2.05) is 4.90 Å². The Balaban J connectivity index is 1.39. The molecule has 7 nitrogen and oxygen atoms in total. The van der Waals surface area contributed by atoms with Crippen LogP contribution < -0.4 is 10.6 Å². The van der Waals surface area contributed by atoms with Crippen molar-refractivity contribution in [3.8, 4) is 0 Å². The number of hydrogen-bond acceptors (Lipinski definition) is 5. The van der Waals surface area contributed by atoms with Gasteiger partial charge in [0.2, 0.25) is 11.9 Å². The molecule has 41 heavy (non-hydrogen) atoms. The van der Waals surface area contributed by atoms with Crippen molar-refractivity contribution in [3.05, 3.63) is 58.3 Å². The number of aromatic nitrogens is 2. The van der Waals surface area contributed by atoms with Gasteiger partial charge in [0.05, 0.1) is 15.9 Å². The molecule has 2 atom stereocenters. The molecule has 0 radical (unpaired) electrons. The number of nitrogens with one attached hydrogen (secondary N) is 2. The molecule has 3 aromatic rings. The van der Waals surface area contributed by atoms with Gasteiger partial charge in [-0.05, 0) is 86.3 Å². The lowest BCUT2D eigenvalue weighted by Gasteiger charge is -2.52. The molecular weight excluding hydrogens is 537 g/mol. The molecule has 1 aliphatic carbocycles. The van der Waals surface area contributed by atoms with Gasteiger partial charge in [0.25, 0.3) is 5.91 Å². The highest BCUT2D eigenvalue weighted by atomic mass is 32.1. The van der Waals surface area contributed by atoms with E-state index in [0.29, 0.717) is 21.7 Å². The maximum atomic E-state index is 13.8. The number of nitrogens with zero attached hydrogens (tertiary/aromatic N) is 3. The minimum Gasteiger partial charge on any atom is -0.339 e. The van der Waals surface area contributed by atoms with Crippen molar-refractivity contribution in [2.75, 3.05) is 18.4 Å². The molecule has 2 N–H and O–H groups in total. The second-order valence-electron chi connectivity index (χ2n) is 13.0. The summed E-state index contributed by atoms with van der Waals surface area (Å²) in [5.74, 6) is 0.257. The Morgan fingerprint density at radius 2 is 1.90 bits per heavy atom. The van der Waals surface area contributed by atoms with Gasteiger partial charge < -0.3 is 14.8 Å². The normalized spacial score (nSPS) is 18.7. The topological polar surface area (TPSA) is 79.3 Å². The summed E-state index contributed by atoms with van der Waals surface area (Å²) < 4.78 is 16.0. The zero-order chi connectivity index (χ0) is 29.5. The van der Waals surface area contributed by atoms with Crippen molar-refractivity contribution in [2.45, 2.75) is 85.1 Å². The number of imidazole rings is 1. The number of piperidine rings is 1. The first-order valence-electron chi connectivity index (χ1n) is 14.6. The van der Waals surface area contributed by atoms with Crippen LogP contribution in [-0.4, -0.2) is 45.4 Å². The number of likely N-dealkylation sites (tertiary alicyclic amines) is 1. The summed E-state index contributed by atoms with van der Waals surface area (Å²) in [6.45, 7) is 16.2. The Hall–Kier alpha value is -3.04. The lowest BCUT2D eigenvalue weighted by Crippen LogP contribution is -2.48. The molecule has 9 heteroatoms. The van der Waals surface area contributed by atoms with Gasteiger partial charge in [-0.15, -0.1) is 11.3 Å². The molecule has 1 saturated carbocycles. The number of alkyl halides is 1. The van der Waals surface area contributed by atoms with Gasteiger partial charge in [0.1, 0.15) is 6.17 Å². The lowest BCUT2D eigenvalue weighted by atomic mass is 9.60. The van der Waals surface area contributed by atoms with Gasteiger partial charge in [-0.25, -0.2) is 9.37 Å². The second kappa shape index (κ2) is 11.3. The van der Waals surface area contributed by atoms with Crippen LogP contribution in [0, 0.1) is 10.8 Å².